The minimum absolute atomic E-state index is 0.00381. The van der Waals surface area contributed by atoms with Crippen molar-refractivity contribution in [3.8, 4) is 0 Å². The van der Waals surface area contributed by atoms with Crippen molar-refractivity contribution < 1.29 is 23.1 Å². The van der Waals surface area contributed by atoms with Crippen molar-refractivity contribution in [3.05, 3.63) is 29.8 Å². The number of benzene rings is 1. The maximum absolute atomic E-state index is 12.1. The Morgan fingerprint density at radius 2 is 1.90 bits per heavy atom. The smallest absolute Gasteiger partial charge is 0.303 e. The summed E-state index contributed by atoms with van der Waals surface area (Å²) in [6.45, 7) is 3.38. The van der Waals surface area contributed by atoms with E-state index in [1.54, 1.807) is 19.1 Å². The van der Waals surface area contributed by atoms with Gasteiger partial charge in [-0.1, -0.05) is 26.0 Å². The zero-order valence-electron chi connectivity index (χ0n) is 12.0. The summed E-state index contributed by atoms with van der Waals surface area (Å²) in [6, 6.07) is 5.99. The van der Waals surface area contributed by atoms with E-state index in [2.05, 4.69) is 5.32 Å². The average Bonchev–Trinajstić information content (AvgIpc) is 2.44. The molecule has 1 amide bonds. The van der Waals surface area contributed by atoms with E-state index >= 15 is 0 Å². The molecule has 0 saturated carbocycles. The van der Waals surface area contributed by atoms with Crippen LogP contribution in [0.5, 0.6) is 0 Å². The number of carbonyl (C=O) groups is 2. The van der Waals surface area contributed by atoms with Crippen LogP contribution < -0.4 is 5.32 Å². The van der Waals surface area contributed by atoms with E-state index in [4.69, 9.17) is 5.11 Å². The second-order valence-electron chi connectivity index (χ2n) is 4.81. The Balaban J connectivity index is 2.87. The zero-order valence-corrected chi connectivity index (χ0v) is 12.8. The van der Waals surface area contributed by atoms with Gasteiger partial charge in [0, 0.05) is 13.0 Å². The summed E-state index contributed by atoms with van der Waals surface area (Å²) < 4.78 is 23.9. The van der Waals surface area contributed by atoms with Gasteiger partial charge in [-0.05, 0) is 18.1 Å². The van der Waals surface area contributed by atoms with Crippen molar-refractivity contribution in [3.63, 3.8) is 0 Å². The molecule has 21 heavy (non-hydrogen) atoms. The lowest BCUT2D eigenvalue weighted by molar-refractivity contribution is -0.137. The van der Waals surface area contributed by atoms with Gasteiger partial charge in [0.2, 0.25) is 0 Å². The lowest BCUT2D eigenvalue weighted by atomic mass is 10.1. The monoisotopic (exact) mass is 313 g/mol. The van der Waals surface area contributed by atoms with Crippen molar-refractivity contribution in [1.82, 2.24) is 5.32 Å². The van der Waals surface area contributed by atoms with E-state index in [1.807, 2.05) is 0 Å². The van der Waals surface area contributed by atoms with Crippen LogP contribution in [0.15, 0.2) is 29.2 Å². The lowest BCUT2D eigenvalue weighted by Gasteiger charge is -2.12. The van der Waals surface area contributed by atoms with Crippen LogP contribution in [0.25, 0.3) is 0 Å². The quantitative estimate of drug-likeness (QED) is 0.790. The number of hydrogen-bond acceptors (Lipinski definition) is 4. The molecule has 0 radical (unpaired) electrons. The first-order chi connectivity index (χ1) is 9.77. The molecule has 0 saturated heterocycles. The molecule has 0 aliphatic heterocycles. The summed E-state index contributed by atoms with van der Waals surface area (Å²) in [6.07, 6.45) is -0.0603. The highest BCUT2D eigenvalue weighted by Gasteiger charge is 2.20. The van der Waals surface area contributed by atoms with Crippen LogP contribution in [0.1, 0.15) is 30.6 Å². The standard InChI is InChI=1S/C14H19NO5S/c1-3-21(19,20)12-7-5-4-6-11(12)14(18)15-9-10(2)8-13(16)17/h4-7,10H,3,8-9H2,1-2H3,(H,15,18)(H,16,17). The number of aliphatic carboxylic acids is 1. The Bertz CT molecular complexity index is 624. The van der Waals surface area contributed by atoms with Gasteiger partial charge in [-0.2, -0.15) is 0 Å². The van der Waals surface area contributed by atoms with Gasteiger partial charge >= 0.3 is 5.97 Å². The van der Waals surface area contributed by atoms with Crippen molar-refractivity contribution in [2.24, 2.45) is 5.92 Å². The molecule has 6 nitrogen and oxygen atoms in total. The van der Waals surface area contributed by atoms with Crippen molar-refractivity contribution in [2.75, 3.05) is 12.3 Å². The molecule has 0 spiro atoms. The molecule has 1 unspecified atom stereocenters. The maximum atomic E-state index is 12.1. The molecule has 0 aliphatic carbocycles. The van der Waals surface area contributed by atoms with Gasteiger partial charge < -0.3 is 10.4 Å². The molecule has 1 rings (SSSR count). The van der Waals surface area contributed by atoms with Gasteiger partial charge in [0.05, 0.1) is 16.2 Å². The van der Waals surface area contributed by atoms with Crippen LogP contribution >= 0.6 is 0 Å². The molecule has 116 valence electrons. The van der Waals surface area contributed by atoms with Gasteiger partial charge in [0.25, 0.3) is 5.91 Å². The summed E-state index contributed by atoms with van der Waals surface area (Å²) in [5.41, 5.74) is 0.0851. The van der Waals surface area contributed by atoms with E-state index in [0.29, 0.717) is 0 Å². The minimum Gasteiger partial charge on any atom is -0.481 e. The first-order valence-electron chi connectivity index (χ1n) is 6.59. The van der Waals surface area contributed by atoms with Gasteiger partial charge in [-0.3, -0.25) is 9.59 Å². The van der Waals surface area contributed by atoms with Crippen LogP contribution in [0.2, 0.25) is 0 Å². The molecule has 0 heterocycles. The van der Waals surface area contributed by atoms with Crippen molar-refractivity contribution >= 4 is 21.7 Å². The summed E-state index contributed by atoms with van der Waals surface area (Å²) in [5.74, 6) is -1.78. The first kappa shape index (κ1) is 17.2. The van der Waals surface area contributed by atoms with Crippen LogP contribution in [-0.2, 0) is 14.6 Å². The fourth-order valence-electron chi connectivity index (χ4n) is 1.81. The van der Waals surface area contributed by atoms with Crippen LogP contribution in [-0.4, -0.2) is 37.7 Å². The molecule has 0 bridgehead atoms. The summed E-state index contributed by atoms with van der Waals surface area (Å²) in [4.78, 5) is 22.6. The highest BCUT2D eigenvalue weighted by Crippen LogP contribution is 2.17. The van der Waals surface area contributed by atoms with Crippen LogP contribution in [0.4, 0.5) is 0 Å². The predicted octanol–water partition coefficient (Wildman–Crippen LogP) is 1.32. The van der Waals surface area contributed by atoms with E-state index in [9.17, 15) is 18.0 Å². The molecule has 0 aliphatic rings. The Labute approximate surface area is 124 Å². The van der Waals surface area contributed by atoms with Crippen molar-refractivity contribution in [1.29, 1.82) is 0 Å². The fourth-order valence-corrected chi connectivity index (χ4v) is 2.91. The Kier molecular flexibility index (Phi) is 5.90. The van der Waals surface area contributed by atoms with Gasteiger partial charge in [0.15, 0.2) is 9.84 Å². The number of carboxylic acids is 1. The fraction of sp³-hybridized carbons (Fsp3) is 0.429. The summed E-state index contributed by atoms with van der Waals surface area (Å²) in [5, 5.41) is 11.2. The van der Waals surface area contributed by atoms with E-state index < -0.39 is 21.7 Å². The molecule has 0 aromatic heterocycles. The average molecular weight is 313 g/mol. The van der Waals surface area contributed by atoms with Gasteiger partial charge in [-0.25, -0.2) is 8.42 Å². The number of carboxylic acid groups (broad SMARTS) is 1. The molecule has 1 aromatic rings. The minimum atomic E-state index is -3.49. The van der Waals surface area contributed by atoms with E-state index in [1.165, 1.54) is 19.1 Å². The molecule has 1 atom stereocenters. The summed E-state index contributed by atoms with van der Waals surface area (Å²) >= 11 is 0. The first-order valence-corrected chi connectivity index (χ1v) is 8.25. The third-order valence-corrected chi connectivity index (χ3v) is 4.77. The largest absolute Gasteiger partial charge is 0.481 e. The third-order valence-electron chi connectivity index (χ3n) is 2.98. The highest BCUT2D eigenvalue weighted by molar-refractivity contribution is 7.91. The molecule has 7 heteroatoms. The molecule has 1 aromatic carbocycles. The Hall–Kier alpha value is -1.89. The highest BCUT2D eigenvalue weighted by atomic mass is 32.2. The van der Waals surface area contributed by atoms with Gasteiger partial charge in [0.1, 0.15) is 0 Å². The number of nitrogens with one attached hydrogen (secondary N) is 1. The second-order valence-corrected chi connectivity index (χ2v) is 7.06. The third kappa shape index (κ3) is 4.86. The number of amides is 1. The normalized spacial score (nSPS) is 12.7. The number of rotatable bonds is 7. The van der Waals surface area contributed by atoms with Gasteiger partial charge in [-0.15, -0.1) is 0 Å². The molecular weight excluding hydrogens is 294 g/mol. The topological polar surface area (TPSA) is 101 Å². The molecular formula is C14H19NO5S. The zero-order chi connectivity index (χ0) is 16.0. The number of sulfone groups is 1. The Morgan fingerprint density at radius 3 is 2.48 bits per heavy atom. The van der Waals surface area contributed by atoms with Crippen molar-refractivity contribution in [2.45, 2.75) is 25.2 Å². The SMILES string of the molecule is CCS(=O)(=O)c1ccccc1C(=O)NCC(C)CC(=O)O. The van der Waals surface area contributed by atoms with Crippen LogP contribution in [0, 0.1) is 5.92 Å². The number of carbonyl (C=O) groups excluding carboxylic acids is 1. The molecule has 0 fully saturated rings. The molecule has 2 N–H and O–H groups in total. The maximum Gasteiger partial charge on any atom is 0.303 e. The van der Waals surface area contributed by atoms with Crippen LogP contribution in [0.3, 0.4) is 0 Å². The second kappa shape index (κ2) is 7.21. The summed E-state index contributed by atoms with van der Waals surface area (Å²) in [7, 11) is -3.49. The number of hydrogen-bond donors (Lipinski definition) is 2. The lowest BCUT2D eigenvalue weighted by Crippen LogP contribution is -2.30. The van der Waals surface area contributed by atoms with E-state index in [-0.39, 0.29) is 35.1 Å². The van der Waals surface area contributed by atoms with E-state index in [0.717, 1.165) is 0 Å². The Morgan fingerprint density at radius 1 is 1.29 bits per heavy atom. The predicted molar refractivity (Wildman–Crippen MR) is 77.9 cm³/mol.